The molecule has 0 heterocycles. The smallest absolute Gasteiger partial charge is 0.242 e. The molecule has 0 aromatic heterocycles. The summed E-state index contributed by atoms with van der Waals surface area (Å²) in [5.74, 6) is -0.775. The average Bonchev–Trinajstić information content (AvgIpc) is 2.39. The summed E-state index contributed by atoms with van der Waals surface area (Å²) in [6.45, 7) is 3.62. The summed E-state index contributed by atoms with van der Waals surface area (Å²) in [6, 6.07) is 8.67. The Balaban J connectivity index is 2.97. The molecule has 0 saturated carbocycles. The third-order valence-corrected chi connectivity index (χ3v) is 2.68. The molecule has 0 aliphatic carbocycles. The molecule has 0 fully saturated rings. The number of nitriles is 2. The highest BCUT2D eigenvalue weighted by Crippen LogP contribution is 2.26. The summed E-state index contributed by atoms with van der Waals surface area (Å²) >= 11 is 0. The van der Waals surface area contributed by atoms with E-state index in [-0.39, 0.29) is 11.8 Å². The molecule has 0 aliphatic heterocycles. The van der Waals surface area contributed by atoms with Crippen molar-refractivity contribution in [3.8, 4) is 17.9 Å². The van der Waals surface area contributed by atoms with Crippen LogP contribution in [0.1, 0.15) is 19.4 Å². The molecule has 0 spiro atoms. The molecule has 0 aliphatic rings. The van der Waals surface area contributed by atoms with Gasteiger partial charge < -0.3 is 10.1 Å². The van der Waals surface area contributed by atoms with Gasteiger partial charge in [0, 0.05) is 6.07 Å². The Kier molecular flexibility index (Phi) is 4.91. The molecule has 1 N–H and O–H groups in total. The average molecular weight is 257 g/mol. The fraction of sp³-hybridized carbons (Fsp3) is 0.357. The first kappa shape index (κ1) is 14.5. The number of methoxy groups -OCH3 is 1. The summed E-state index contributed by atoms with van der Waals surface area (Å²) in [7, 11) is 1.45. The molecule has 19 heavy (non-hydrogen) atoms. The zero-order valence-corrected chi connectivity index (χ0v) is 11.1. The molecule has 1 atom stereocenters. The zero-order valence-electron chi connectivity index (χ0n) is 11.1. The van der Waals surface area contributed by atoms with Gasteiger partial charge in [-0.3, -0.25) is 4.79 Å². The van der Waals surface area contributed by atoms with E-state index in [2.05, 4.69) is 5.32 Å². The van der Waals surface area contributed by atoms with Crippen LogP contribution in [0, 0.1) is 34.5 Å². The maximum atomic E-state index is 12.0. The number of carbonyl (C=O) groups is 1. The summed E-state index contributed by atoms with van der Waals surface area (Å²) in [4.78, 5) is 12.0. The number of benzene rings is 1. The Bertz CT molecular complexity index is 553. The minimum absolute atomic E-state index is 0.0747. The van der Waals surface area contributed by atoms with Gasteiger partial charge in [0.2, 0.25) is 5.91 Å². The molecular weight excluding hydrogens is 242 g/mol. The molecule has 0 radical (unpaired) electrons. The van der Waals surface area contributed by atoms with Crippen LogP contribution in [0.4, 0.5) is 5.69 Å². The molecule has 1 rings (SSSR count). The van der Waals surface area contributed by atoms with E-state index in [0.717, 1.165) is 0 Å². The lowest BCUT2D eigenvalue weighted by atomic mass is 9.96. The fourth-order valence-electron chi connectivity index (χ4n) is 1.58. The Morgan fingerprint density at radius 3 is 2.53 bits per heavy atom. The van der Waals surface area contributed by atoms with Crippen LogP contribution in [0.25, 0.3) is 0 Å². The Labute approximate surface area is 112 Å². The second-order valence-corrected chi connectivity index (χ2v) is 4.37. The van der Waals surface area contributed by atoms with Crippen molar-refractivity contribution in [1.82, 2.24) is 0 Å². The molecule has 0 bridgehead atoms. The monoisotopic (exact) mass is 257 g/mol. The first-order chi connectivity index (χ1) is 9.03. The van der Waals surface area contributed by atoms with E-state index in [1.807, 2.05) is 26.0 Å². The molecule has 1 unspecified atom stereocenters. The highest BCUT2D eigenvalue weighted by Gasteiger charge is 2.22. The van der Waals surface area contributed by atoms with Crippen molar-refractivity contribution in [3.05, 3.63) is 23.8 Å². The topological polar surface area (TPSA) is 85.9 Å². The maximum Gasteiger partial charge on any atom is 0.242 e. The normalized spacial score (nSPS) is 11.3. The quantitative estimate of drug-likeness (QED) is 0.896. The van der Waals surface area contributed by atoms with Gasteiger partial charge >= 0.3 is 0 Å². The van der Waals surface area contributed by atoms with Crippen molar-refractivity contribution in [3.63, 3.8) is 0 Å². The van der Waals surface area contributed by atoms with Crippen LogP contribution in [-0.2, 0) is 4.79 Å². The number of rotatable bonds is 4. The van der Waals surface area contributed by atoms with E-state index >= 15 is 0 Å². The Hall–Kier alpha value is -2.53. The van der Waals surface area contributed by atoms with Crippen LogP contribution >= 0.6 is 0 Å². The number of ether oxygens (including phenoxy) is 1. The van der Waals surface area contributed by atoms with Crippen molar-refractivity contribution in [2.45, 2.75) is 13.8 Å². The number of anilines is 1. The minimum Gasteiger partial charge on any atom is -0.495 e. The number of hydrogen-bond acceptors (Lipinski definition) is 4. The van der Waals surface area contributed by atoms with Crippen molar-refractivity contribution < 1.29 is 9.53 Å². The van der Waals surface area contributed by atoms with Gasteiger partial charge in [-0.2, -0.15) is 10.5 Å². The molecule has 0 saturated heterocycles. The molecule has 1 amide bonds. The van der Waals surface area contributed by atoms with Crippen molar-refractivity contribution in [2.24, 2.45) is 11.8 Å². The second kappa shape index (κ2) is 6.42. The van der Waals surface area contributed by atoms with Gasteiger partial charge in [-0.25, -0.2) is 0 Å². The lowest BCUT2D eigenvalue weighted by molar-refractivity contribution is -0.119. The second-order valence-electron chi connectivity index (χ2n) is 4.37. The Morgan fingerprint density at radius 1 is 1.37 bits per heavy atom. The van der Waals surface area contributed by atoms with Crippen molar-refractivity contribution in [1.29, 1.82) is 10.5 Å². The first-order valence-corrected chi connectivity index (χ1v) is 5.82. The lowest BCUT2D eigenvalue weighted by Gasteiger charge is -2.15. The number of hydrogen-bond donors (Lipinski definition) is 1. The van der Waals surface area contributed by atoms with Crippen LogP contribution in [0.3, 0.4) is 0 Å². The molecule has 1 aromatic carbocycles. The van der Waals surface area contributed by atoms with E-state index in [1.165, 1.54) is 13.2 Å². The van der Waals surface area contributed by atoms with Crippen LogP contribution < -0.4 is 10.1 Å². The molecule has 1 aromatic rings. The third kappa shape index (κ3) is 3.46. The predicted molar refractivity (Wildman–Crippen MR) is 70.3 cm³/mol. The van der Waals surface area contributed by atoms with Crippen LogP contribution in [0.15, 0.2) is 18.2 Å². The first-order valence-electron chi connectivity index (χ1n) is 5.82. The Morgan fingerprint density at radius 2 is 2.05 bits per heavy atom. The van der Waals surface area contributed by atoms with E-state index in [0.29, 0.717) is 17.0 Å². The number of nitrogens with one attached hydrogen (secondary N) is 1. The van der Waals surface area contributed by atoms with E-state index in [4.69, 9.17) is 15.3 Å². The molecule has 5 nitrogen and oxygen atoms in total. The zero-order chi connectivity index (χ0) is 14.4. The SMILES string of the molecule is COc1cc(C#N)ccc1NC(=O)C(C#N)C(C)C. The van der Waals surface area contributed by atoms with E-state index < -0.39 is 5.92 Å². The van der Waals surface area contributed by atoms with Crippen molar-refractivity contribution in [2.75, 3.05) is 12.4 Å². The van der Waals surface area contributed by atoms with Gasteiger partial charge in [0.25, 0.3) is 0 Å². The number of carbonyl (C=O) groups excluding carboxylic acids is 1. The number of amides is 1. The largest absolute Gasteiger partial charge is 0.495 e. The molecular formula is C14H15N3O2. The minimum atomic E-state index is -0.722. The van der Waals surface area contributed by atoms with Gasteiger partial charge in [-0.15, -0.1) is 0 Å². The predicted octanol–water partition coefficient (Wildman–Crippen LogP) is 2.30. The van der Waals surface area contributed by atoms with Crippen molar-refractivity contribution >= 4 is 11.6 Å². The van der Waals surface area contributed by atoms with Gasteiger partial charge in [-0.1, -0.05) is 13.8 Å². The van der Waals surface area contributed by atoms with Crippen LogP contribution in [0.5, 0.6) is 5.75 Å². The van der Waals surface area contributed by atoms with Crippen LogP contribution in [0.2, 0.25) is 0 Å². The standard InChI is InChI=1S/C14H15N3O2/c1-9(2)11(8-16)14(18)17-12-5-4-10(7-15)6-13(12)19-3/h4-6,9,11H,1-3H3,(H,17,18). The van der Waals surface area contributed by atoms with Gasteiger partial charge in [0.1, 0.15) is 11.7 Å². The van der Waals surface area contributed by atoms with Gasteiger partial charge in [0.15, 0.2) is 0 Å². The summed E-state index contributed by atoms with van der Waals surface area (Å²) in [5.41, 5.74) is 0.892. The summed E-state index contributed by atoms with van der Waals surface area (Å²) < 4.78 is 5.11. The van der Waals surface area contributed by atoms with Gasteiger partial charge in [0.05, 0.1) is 30.5 Å². The maximum absolute atomic E-state index is 12.0. The fourth-order valence-corrected chi connectivity index (χ4v) is 1.58. The van der Waals surface area contributed by atoms with Gasteiger partial charge in [-0.05, 0) is 18.1 Å². The highest BCUT2D eigenvalue weighted by atomic mass is 16.5. The van der Waals surface area contributed by atoms with Crippen LogP contribution in [-0.4, -0.2) is 13.0 Å². The highest BCUT2D eigenvalue weighted by molar-refractivity contribution is 5.95. The van der Waals surface area contributed by atoms with E-state index in [9.17, 15) is 4.79 Å². The number of nitrogens with zero attached hydrogens (tertiary/aromatic N) is 2. The summed E-state index contributed by atoms with van der Waals surface area (Å²) in [5, 5.41) is 20.4. The third-order valence-electron chi connectivity index (χ3n) is 2.68. The lowest BCUT2D eigenvalue weighted by Crippen LogP contribution is -2.25. The summed E-state index contributed by atoms with van der Waals surface area (Å²) in [6.07, 6.45) is 0. The van der Waals surface area contributed by atoms with E-state index in [1.54, 1.807) is 12.1 Å². The molecule has 5 heteroatoms. The molecule has 98 valence electrons.